The standard InChI is InChI=1S/C7H14N2O6S/c8-5(4-6(10)11)7(12)9-2-1-3-16(13,14)15/h5H,1-4,8H2,(H,9,12)(H,10,11)(H,13,14,15)/t5-/m0/s1. The molecule has 0 aromatic carbocycles. The van der Waals surface area contributed by atoms with E-state index in [0.29, 0.717) is 0 Å². The smallest absolute Gasteiger partial charge is 0.305 e. The van der Waals surface area contributed by atoms with Crippen molar-refractivity contribution in [3.63, 3.8) is 0 Å². The summed E-state index contributed by atoms with van der Waals surface area (Å²) in [5.41, 5.74) is 5.23. The number of nitrogens with one attached hydrogen (secondary N) is 1. The number of hydrogen-bond donors (Lipinski definition) is 4. The Morgan fingerprint density at radius 1 is 1.38 bits per heavy atom. The molecule has 0 aliphatic rings. The second-order valence-electron chi connectivity index (χ2n) is 3.13. The van der Waals surface area contributed by atoms with E-state index in [0.717, 1.165) is 0 Å². The molecule has 0 fully saturated rings. The molecule has 16 heavy (non-hydrogen) atoms. The molecule has 8 nitrogen and oxygen atoms in total. The summed E-state index contributed by atoms with van der Waals surface area (Å²) in [6, 6.07) is -1.16. The van der Waals surface area contributed by atoms with Gasteiger partial charge in [-0.25, -0.2) is 0 Å². The SMILES string of the molecule is N[C@@H](CC(=O)O)C(=O)NCCCS(=O)(=O)O. The van der Waals surface area contributed by atoms with Gasteiger partial charge in [-0.05, 0) is 6.42 Å². The highest BCUT2D eigenvalue weighted by molar-refractivity contribution is 7.85. The van der Waals surface area contributed by atoms with Gasteiger partial charge >= 0.3 is 5.97 Å². The normalized spacial score (nSPS) is 13.1. The number of amides is 1. The first-order valence-electron chi connectivity index (χ1n) is 4.42. The van der Waals surface area contributed by atoms with Crippen LogP contribution in [0.1, 0.15) is 12.8 Å². The van der Waals surface area contributed by atoms with E-state index in [9.17, 15) is 18.0 Å². The minimum atomic E-state index is -4.04. The maximum atomic E-state index is 11.1. The maximum absolute atomic E-state index is 11.1. The van der Waals surface area contributed by atoms with Gasteiger partial charge in [0.25, 0.3) is 10.1 Å². The Bertz CT molecular complexity index is 352. The van der Waals surface area contributed by atoms with Gasteiger partial charge < -0.3 is 16.2 Å². The van der Waals surface area contributed by atoms with E-state index in [1.807, 2.05) is 0 Å². The van der Waals surface area contributed by atoms with Gasteiger partial charge in [-0.15, -0.1) is 0 Å². The molecule has 1 atom stereocenters. The van der Waals surface area contributed by atoms with Crippen molar-refractivity contribution in [2.24, 2.45) is 5.73 Å². The van der Waals surface area contributed by atoms with Crippen LogP contribution in [0, 0.1) is 0 Å². The summed E-state index contributed by atoms with van der Waals surface area (Å²) in [7, 11) is -4.04. The summed E-state index contributed by atoms with van der Waals surface area (Å²) in [6.45, 7) is 0.00590. The molecule has 0 aromatic heterocycles. The van der Waals surface area contributed by atoms with Crippen LogP contribution in [-0.2, 0) is 19.7 Å². The van der Waals surface area contributed by atoms with Gasteiger partial charge in [0.1, 0.15) is 0 Å². The van der Waals surface area contributed by atoms with E-state index in [2.05, 4.69) is 5.32 Å². The predicted molar refractivity (Wildman–Crippen MR) is 54.3 cm³/mol. The van der Waals surface area contributed by atoms with Crippen molar-refractivity contribution in [1.29, 1.82) is 0 Å². The number of carboxylic acid groups (broad SMARTS) is 1. The first-order chi connectivity index (χ1) is 7.22. The summed E-state index contributed by atoms with van der Waals surface area (Å²) in [5, 5.41) is 10.6. The van der Waals surface area contributed by atoms with Crippen LogP contribution in [0.4, 0.5) is 0 Å². The fourth-order valence-corrected chi connectivity index (χ4v) is 1.39. The molecule has 0 aliphatic carbocycles. The van der Waals surface area contributed by atoms with E-state index in [1.54, 1.807) is 0 Å². The highest BCUT2D eigenvalue weighted by Gasteiger charge is 2.16. The zero-order valence-corrected chi connectivity index (χ0v) is 9.24. The zero-order valence-electron chi connectivity index (χ0n) is 8.42. The summed E-state index contributed by atoms with van der Waals surface area (Å²) in [5.74, 6) is -2.33. The fraction of sp³-hybridized carbons (Fsp3) is 0.714. The van der Waals surface area contributed by atoms with Crippen molar-refractivity contribution in [3.05, 3.63) is 0 Å². The molecule has 0 aliphatic heterocycles. The number of carbonyl (C=O) groups is 2. The highest BCUT2D eigenvalue weighted by atomic mass is 32.2. The van der Waals surface area contributed by atoms with Crippen LogP contribution < -0.4 is 11.1 Å². The number of carbonyl (C=O) groups excluding carboxylic acids is 1. The van der Waals surface area contributed by atoms with Gasteiger partial charge in [0.05, 0.1) is 18.2 Å². The van der Waals surface area contributed by atoms with Crippen LogP contribution >= 0.6 is 0 Å². The van der Waals surface area contributed by atoms with Gasteiger partial charge in [-0.2, -0.15) is 8.42 Å². The van der Waals surface area contributed by atoms with Crippen LogP contribution in [0.2, 0.25) is 0 Å². The summed E-state index contributed by atoms with van der Waals surface area (Å²) in [4.78, 5) is 21.3. The Kier molecular flexibility index (Phi) is 5.93. The monoisotopic (exact) mass is 254 g/mol. The van der Waals surface area contributed by atoms with E-state index >= 15 is 0 Å². The van der Waals surface area contributed by atoms with Gasteiger partial charge in [-0.1, -0.05) is 0 Å². The molecule has 0 heterocycles. The lowest BCUT2D eigenvalue weighted by atomic mass is 10.2. The van der Waals surface area contributed by atoms with Crippen molar-refractivity contribution >= 4 is 22.0 Å². The Labute approximate surface area is 92.6 Å². The molecule has 0 radical (unpaired) electrons. The van der Waals surface area contributed by atoms with Crippen LogP contribution in [0.15, 0.2) is 0 Å². The van der Waals surface area contributed by atoms with Gasteiger partial charge in [0, 0.05) is 6.54 Å². The minimum Gasteiger partial charge on any atom is -0.481 e. The Hall–Kier alpha value is -1.19. The number of aliphatic carboxylic acids is 1. The minimum absolute atomic E-state index is 0.00590. The predicted octanol–water partition coefficient (Wildman–Crippen LogP) is -1.82. The van der Waals surface area contributed by atoms with Gasteiger partial charge in [-0.3, -0.25) is 14.1 Å². The molecule has 0 bridgehead atoms. The Morgan fingerprint density at radius 3 is 2.38 bits per heavy atom. The number of hydrogen-bond acceptors (Lipinski definition) is 5. The van der Waals surface area contributed by atoms with Crippen molar-refractivity contribution in [1.82, 2.24) is 5.32 Å². The number of carboxylic acids is 1. The quantitative estimate of drug-likeness (QED) is 0.309. The third-order valence-electron chi connectivity index (χ3n) is 1.61. The Balaban J connectivity index is 3.77. The molecule has 0 unspecified atom stereocenters. The fourth-order valence-electron chi connectivity index (χ4n) is 0.878. The molecule has 0 spiro atoms. The van der Waals surface area contributed by atoms with E-state index in [1.165, 1.54) is 0 Å². The van der Waals surface area contributed by atoms with E-state index in [-0.39, 0.29) is 13.0 Å². The molecule has 9 heteroatoms. The first-order valence-corrected chi connectivity index (χ1v) is 6.03. The molecule has 0 aromatic rings. The highest BCUT2D eigenvalue weighted by Crippen LogP contribution is 1.90. The van der Waals surface area contributed by atoms with E-state index in [4.69, 9.17) is 15.4 Å². The molecule has 0 rings (SSSR count). The molecular formula is C7H14N2O6S. The maximum Gasteiger partial charge on any atom is 0.305 e. The average Bonchev–Trinajstić information content (AvgIpc) is 2.09. The van der Waals surface area contributed by atoms with Crippen LogP contribution in [0.25, 0.3) is 0 Å². The lowest BCUT2D eigenvalue weighted by Gasteiger charge is -2.09. The molecule has 94 valence electrons. The summed E-state index contributed by atoms with van der Waals surface area (Å²) in [6.07, 6.45) is -0.464. The molecule has 5 N–H and O–H groups in total. The third-order valence-corrected chi connectivity index (χ3v) is 2.41. The molecule has 0 saturated carbocycles. The van der Waals surface area contributed by atoms with E-state index < -0.39 is 40.2 Å². The lowest BCUT2D eigenvalue weighted by Crippen LogP contribution is -2.42. The van der Waals surface area contributed by atoms with Crippen LogP contribution in [-0.4, -0.2) is 48.3 Å². The van der Waals surface area contributed by atoms with Crippen LogP contribution in [0.3, 0.4) is 0 Å². The molecule has 1 amide bonds. The average molecular weight is 254 g/mol. The van der Waals surface area contributed by atoms with Crippen molar-refractivity contribution in [2.75, 3.05) is 12.3 Å². The number of rotatable bonds is 7. The second-order valence-corrected chi connectivity index (χ2v) is 4.71. The topological polar surface area (TPSA) is 147 Å². The summed E-state index contributed by atoms with van der Waals surface area (Å²) < 4.78 is 29.0. The lowest BCUT2D eigenvalue weighted by molar-refractivity contribution is -0.139. The second kappa shape index (κ2) is 6.40. The summed E-state index contributed by atoms with van der Waals surface area (Å²) >= 11 is 0. The van der Waals surface area contributed by atoms with Gasteiger partial charge in [0.15, 0.2) is 0 Å². The third kappa shape index (κ3) is 8.15. The van der Waals surface area contributed by atoms with Crippen LogP contribution in [0.5, 0.6) is 0 Å². The number of nitrogens with two attached hydrogens (primary N) is 1. The van der Waals surface area contributed by atoms with Crippen molar-refractivity contribution in [2.45, 2.75) is 18.9 Å². The molecular weight excluding hydrogens is 240 g/mol. The first kappa shape index (κ1) is 14.8. The zero-order chi connectivity index (χ0) is 12.8. The molecule has 0 saturated heterocycles. The Morgan fingerprint density at radius 2 is 1.94 bits per heavy atom. The van der Waals surface area contributed by atoms with Crippen molar-refractivity contribution in [3.8, 4) is 0 Å². The van der Waals surface area contributed by atoms with Crippen molar-refractivity contribution < 1.29 is 27.7 Å². The van der Waals surface area contributed by atoms with Gasteiger partial charge in [0.2, 0.25) is 5.91 Å². The largest absolute Gasteiger partial charge is 0.481 e.